The van der Waals surface area contributed by atoms with Gasteiger partial charge in [-0.2, -0.15) is 0 Å². The lowest BCUT2D eigenvalue weighted by Crippen LogP contribution is -2.27. The highest BCUT2D eigenvalue weighted by Gasteiger charge is 2.21. The van der Waals surface area contributed by atoms with Crippen LogP contribution in [0.2, 0.25) is 0 Å². The van der Waals surface area contributed by atoms with Gasteiger partial charge in [0, 0.05) is 17.3 Å². The zero-order valence-electron chi connectivity index (χ0n) is 10.0. The SMILES string of the molecule is CC/C=C(CC)\N=C/C(C)(C)C(C)O. The first-order chi connectivity index (χ1) is 6.44. The summed E-state index contributed by atoms with van der Waals surface area (Å²) in [5, 5.41) is 9.48. The fourth-order valence-corrected chi connectivity index (χ4v) is 0.881. The van der Waals surface area contributed by atoms with Gasteiger partial charge in [-0.15, -0.1) is 0 Å². The van der Waals surface area contributed by atoms with Gasteiger partial charge >= 0.3 is 0 Å². The molecule has 1 atom stereocenters. The van der Waals surface area contributed by atoms with E-state index in [-0.39, 0.29) is 11.5 Å². The average molecular weight is 197 g/mol. The highest BCUT2D eigenvalue weighted by Crippen LogP contribution is 2.18. The van der Waals surface area contributed by atoms with Gasteiger partial charge in [0.05, 0.1) is 6.10 Å². The molecule has 0 spiro atoms. The van der Waals surface area contributed by atoms with Crippen LogP contribution in [0.1, 0.15) is 47.5 Å². The molecule has 0 fully saturated rings. The van der Waals surface area contributed by atoms with E-state index in [0.29, 0.717) is 0 Å². The molecule has 0 aromatic carbocycles. The van der Waals surface area contributed by atoms with Gasteiger partial charge < -0.3 is 5.11 Å². The molecule has 0 aromatic rings. The van der Waals surface area contributed by atoms with Gasteiger partial charge in [-0.05, 0) is 19.8 Å². The summed E-state index contributed by atoms with van der Waals surface area (Å²) < 4.78 is 0. The predicted octanol–water partition coefficient (Wildman–Crippen LogP) is 3.17. The van der Waals surface area contributed by atoms with Crippen molar-refractivity contribution in [3.8, 4) is 0 Å². The third-order valence-electron chi connectivity index (χ3n) is 2.44. The molecule has 0 aliphatic carbocycles. The van der Waals surface area contributed by atoms with Crippen LogP contribution in [0.25, 0.3) is 0 Å². The lowest BCUT2D eigenvalue weighted by Gasteiger charge is -2.22. The predicted molar refractivity (Wildman–Crippen MR) is 62.6 cm³/mol. The fraction of sp³-hybridized carbons (Fsp3) is 0.750. The Labute approximate surface area is 87.8 Å². The second kappa shape index (κ2) is 5.97. The molecule has 2 nitrogen and oxygen atoms in total. The summed E-state index contributed by atoms with van der Waals surface area (Å²) in [6.45, 7) is 9.96. The van der Waals surface area contributed by atoms with Crippen LogP contribution in [0.5, 0.6) is 0 Å². The van der Waals surface area contributed by atoms with Crippen molar-refractivity contribution >= 4 is 6.21 Å². The summed E-state index contributed by atoms with van der Waals surface area (Å²) in [7, 11) is 0. The molecule has 1 unspecified atom stereocenters. The molecule has 0 heterocycles. The number of rotatable bonds is 5. The first-order valence-corrected chi connectivity index (χ1v) is 5.36. The summed E-state index contributed by atoms with van der Waals surface area (Å²) in [5.74, 6) is 0. The van der Waals surface area contributed by atoms with Crippen molar-refractivity contribution in [2.45, 2.75) is 53.6 Å². The van der Waals surface area contributed by atoms with Crippen molar-refractivity contribution in [3.63, 3.8) is 0 Å². The van der Waals surface area contributed by atoms with E-state index in [9.17, 15) is 5.11 Å². The minimum Gasteiger partial charge on any atom is -0.392 e. The van der Waals surface area contributed by atoms with E-state index in [4.69, 9.17) is 0 Å². The Balaban J connectivity index is 4.48. The van der Waals surface area contributed by atoms with Gasteiger partial charge in [-0.25, -0.2) is 0 Å². The van der Waals surface area contributed by atoms with Gasteiger partial charge in [-0.3, -0.25) is 4.99 Å². The van der Waals surface area contributed by atoms with Crippen LogP contribution in [0, 0.1) is 5.41 Å². The van der Waals surface area contributed by atoms with Crippen LogP contribution < -0.4 is 0 Å². The Bertz CT molecular complexity index is 214. The minimum atomic E-state index is -0.369. The zero-order valence-corrected chi connectivity index (χ0v) is 10.0. The Morgan fingerprint density at radius 2 is 2.00 bits per heavy atom. The monoisotopic (exact) mass is 197 g/mol. The maximum Gasteiger partial charge on any atom is 0.0612 e. The molecule has 82 valence electrons. The number of aliphatic hydroxyl groups excluding tert-OH is 1. The van der Waals surface area contributed by atoms with Crippen LogP contribution in [0.15, 0.2) is 16.8 Å². The fourth-order valence-electron chi connectivity index (χ4n) is 0.881. The molecule has 0 aliphatic heterocycles. The van der Waals surface area contributed by atoms with E-state index in [1.165, 1.54) is 0 Å². The third kappa shape index (κ3) is 4.56. The molecule has 0 radical (unpaired) electrons. The molecule has 0 rings (SSSR count). The van der Waals surface area contributed by atoms with E-state index < -0.39 is 0 Å². The minimum absolute atomic E-state index is 0.248. The summed E-state index contributed by atoms with van der Waals surface area (Å²) in [6.07, 6.45) is 5.55. The summed E-state index contributed by atoms with van der Waals surface area (Å²) >= 11 is 0. The van der Waals surface area contributed by atoms with Crippen LogP contribution in [0.4, 0.5) is 0 Å². The maximum absolute atomic E-state index is 9.48. The summed E-state index contributed by atoms with van der Waals surface area (Å²) in [6, 6.07) is 0. The van der Waals surface area contributed by atoms with Gasteiger partial charge in [0.2, 0.25) is 0 Å². The number of aliphatic hydroxyl groups is 1. The maximum atomic E-state index is 9.48. The molecule has 2 heteroatoms. The standard InChI is InChI=1S/C12H23NO/c1-6-8-11(7-2)13-9-12(4,5)10(3)14/h8-10,14H,6-7H2,1-5H3/b11-8-,13-9-. The molecule has 14 heavy (non-hydrogen) atoms. The van der Waals surface area contributed by atoms with E-state index in [1.54, 1.807) is 6.92 Å². The summed E-state index contributed by atoms with van der Waals surface area (Å²) in [4.78, 5) is 4.40. The lowest BCUT2D eigenvalue weighted by molar-refractivity contribution is 0.115. The van der Waals surface area contributed by atoms with E-state index in [0.717, 1.165) is 18.5 Å². The van der Waals surface area contributed by atoms with Gasteiger partial charge in [0.15, 0.2) is 0 Å². The second-order valence-electron chi connectivity index (χ2n) is 4.21. The molecule has 0 saturated heterocycles. The summed E-state index contributed by atoms with van der Waals surface area (Å²) in [5.41, 5.74) is 0.850. The number of nitrogens with zero attached hydrogens (tertiary/aromatic N) is 1. The second-order valence-corrected chi connectivity index (χ2v) is 4.21. The van der Waals surface area contributed by atoms with Crippen LogP contribution >= 0.6 is 0 Å². The molecule has 0 aliphatic rings. The van der Waals surface area contributed by atoms with Crippen molar-refractivity contribution in [1.82, 2.24) is 0 Å². The smallest absolute Gasteiger partial charge is 0.0612 e. The molecular weight excluding hydrogens is 174 g/mol. The van der Waals surface area contributed by atoms with Crippen molar-refractivity contribution in [2.75, 3.05) is 0 Å². The highest BCUT2D eigenvalue weighted by molar-refractivity contribution is 5.66. The Kier molecular flexibility index (Phi) is 5.70. The first kappa shape index (κ1) is 13.4. The van der Waals surface area contributed by atoms with E-state index in [2.05, 4.69) is 24.9 Å². The number of hydrogen-bond acceptors (Lipinski definition) is 2. The van der Waals surface area contributed by atoms with Gasteiger partial charge in [-0.1, -0.05) is 33.8 Å². The van der Waals surface area contributed by atoms with Crippen molar-refractivity contribution in [2.24, 2.45) is 10.4 Å². The van der Waals surface area contributed by atoms with Crippen LogP contribution in [-0.2, 0) is 0 Å². The van der Waals surface area contributed by atoms with Crippen LogP contribution in [-0.4, -0.2) is 17.4 Å². The molecule has 0 bridgehead atoms. The quantitative estimate of drug-likeness (QED) is 0.675. The van der Waals surface area contributed by atoms with Crippen LogP contribution in [0.3, 0.4) is 0 Å². The average Bonchev–Trinajstić information content (AvgIpc) is 2.12. The molecule has 1 N–H and O–H groups in total. The largest absolute Gasteiger partial charge is 0.392 e. The Morgan fingerprint density at radius 3 is 2.36 bits per heavy atom. The van der Waals surface area contributed by atoms with E-state index in [1.807, 2.05) is 20.1 Å². The van der Waals surface area contributed by atoms with Crippen molar-refractivity contribution in [3.05, 3.63) is 11.8 Å². The topological polar surface area (TPSA) is 32.6 Å². The normalized spacial score (nSPS) is 16.3. The molecule has 0 aromatic heterocycles. The molecule has 0 saturated carbocycles. The molecular formula is C12H23NO. The lowest BCUT2D eigenvalue weighted by atomic mass is 9.89. The Morgan fingerprint density at radius 1 is 1.43 bits per heavy atom. The molecule has 0 amide bonds. The third-order valence-corrected chi connectivity index (χ3v) is 2.44. The highest BCUT2D eigenvalue weighted by atomic mass is 16.3. The number of allylic oxidation sites excluding steroid dienone is 2. The van der Waals surface area contributed by atoms with Gasteiger partial charge in [0.25, 0.3) is 0 Å². The van der Waals surface area contributed by atoms with Gasteiger partial charge in [0.1, 0.15) is 0 Å². The van der Waals surface area contributed by atoms with Crippen molar-refractivity contribution in [1.29, 1.82) is 0 Å². The zero-order chi connectivity index (χ0) is 11.2. The number of aliphatic imine (C=N–C) groups is 1. The van der Waals surface area contributed by atoms with E-state index >= 15 is 0 Å². The Hall–Kier alpha value is -0.630. The first-order valence-electron chi connectivity index (χ1n) is 5.36. The van der Waals surface area contributed by atoms with Crippen molar-refractivity contribution < 1.29 is 5.11 Å². The number of hydrogen-bond donors (Lipinski definition) is 1.